The molecule has 1 N–H and O–H groups in total. The van der Waals surface area contributed by atoms with E-state index >= 15 is 0 Å². The number of imidazole rings is 1. The highest BCUT2D eigenvalue weighted by Gasteiger charge is 2.19. The lowest BCUT2D eigenvalue weighted by atomic mass is 10.3. The highest BCUT2D eigenvalue weighted by molar-refractivity contribution is 5.86. The van der Waals surface area contributed by atoms with E-state index in [9.17, 15) is 0 Å². The molecule has 0 bridgehead atoms. The SMILES string of the molecule is c1ccc(-n2cnc(Nc3nc(N4CCCC4)nc4ccoc34)c2)cc1. The first-order valence-electron chi connectivity index (χ1n) is 8.73. The summed E-state index contributed by atoms with van der Waals surface area (Å²) in [5, 5.41) is 3.28. The number of rotatable bonds is 4. The molecule has 7 nitrogen and oxygen atoms in total. The van der Waals surface area contributed by atoms with Crippen molar-refractivity contribution in [3.63, 3.8) is 0 Å². The number of fused-ring (bicyclic) bond motifs is 1. The van der Waals surface area contributed by atoms with Gasteiger partial charge in [0.2, 0.25) is 5.95 Å². The number of hydrogen-bond acceptors (Lipinski definition) is 6. The van der Waals surface area contributed by atoms with Gasteiger partial charge in [-0.2, -0.15) is 4.98 Å². The zero-order chi connectivity index (χ0) is 17.3. The standard InChI is InChI=1S/C19H18N6O/c1-2-6-14(7-3-1)25-12-16(20-13-25)22-18-17-15(8-11-26-17)21-19(23-18)24-9-4-5-10-24/h1-3,6-8,11-13H,4-5,9-10H2,(H,21,22,23). The highest BCUT2D eigenvalue weighted by Crippen LogP contribution is 2.28. The van der Waals surface area contributed by atoms with Crippen molar-refractivity contribution in [2.75, 3.05) is 23.3 Å². The monoisotopic (exact) mass is 346 g/mol. The third-order valence-corrected chi connectivity index (χ3v) is 4.56. The Kier molecular flexibility index (Phi) is 3.55. The van der Waals surface area contributed by atoms with Crippen LogP contribution in [0, 0.1) is 0 Å². The normalized spacial score (nSPS) is 14.2. The Morgan fingerprint density at radius 2 is 1.85 bits per heavy atom. The quantitative estimate of drug-likeness (QED) is 0.607. The maximum Gasteiger partial charge on any atom is 0.228 e. The van der Waals surface area contributed by atoms with Crippen molar-refractivity contribution < 1.29 is 4.42 Å². The van der Waals surface area contributed by atoms with Gasteiger partial charge in [-0.05, 0) is 25.0 Å². The number of furan rings is 1. The minimum absolute atomic E-state index is 0.639. The fraction of sp³-hybridized carbons (Fsp3) is 0.211. The molecule has 0 unspecified atom stereocenters. The number of para-hydroxylation sites is 1. The number of benzene rings is 1. The van der Waals surface area contributed by atoms with Crippen LogP contribution in [-0.2, 0) is 0 Å². The lowest BCUT2D eigenvalue weighted by molar-refractivity contribution is 0.615. The molecular formula is C19H18N6O. The molecule has 7 heteroatoms. The predicted molar refractivity (Wildman–Crippen MR) is 100 cm³/mol. The molecular weight excluding hydrogens is 328 g/mol. The van der Waals surface area contributed by atoms with Gasteiger partial charge in [-0.3, -0.25) is 0 Å². The summed E-state index contributed by atoms with van der Waals surface area (Å²) in [6.07, 6.45) is 7.70. The van der Waals surface area contributed by atoms with Gasteiger partial charge in [0.15, 0.2) is 11.4 Å². The largest absolute Gasteiger partial charge is 0.459 e. The summed E-state index contributed by atoms with van der Waals surface area (Å²) >= 11 is 0. The van der Waals surface area contributed by atoms with Crippen LogP contribution in [0.5, 0.6) is 0 Å². The number of anilines is 3. The zero-order valence-electron chi connectivity index (χ0n) is 14.2. The van der Waals surface area contributed by atoms with Crippen molar-refractivity contribution in [2.24, 2.45) is 0 Å². The second-order valence-corrected chi connectivity index (χ2v) is 6.33. The number of nitrogens with zero attached hydrogens (tertiary/aromatic N) is 5. The van der Waals surface area contributed by atoms with Crippen molar-refractivity contribution >= 4 is 28.7 Å². The van der Waals surface area contributed by atoms with Gasteiger partial charge < -0.3 is 19.2 Å². The second-order valence-electron chi connectivity index (χ2n) is 6.33. The molecule has 130 valence electrons. The molecule has 5 rings (SSSR count). The average molecular weight is 346 g/mol. The van der Waals surface area contributed by atoms with Gasteiger partial charge in [-0.25, -0.2) is 9.97 Å². The van der Waals surface area contributed by atoms with E-state index in [-0.39, 0.29) is 0 Å². The molecule has 0 amide bonds. The number of aromatic nitrogens is 4. The van der Waals surface area contributed by atoms with Crippen LogP contribution in [0.25, 0.3) is 16.8 Å². The summed E-state index contributed by atoms with van der Waals surface area (Å²) in [6, 6.07) is 11.9. The van der Waals surface area contributed by atoms with Crippen LogP contribution in [0.2, 0.25) is 0 Å². The maximum absolute atomic E-state index is 5.59. The predicted octanol–water partition coefficient (Wildman–Crippen LogP) is 3.75. The first-order valence-corrected chi connectivity index (χ1v) is 8.73. The molecule has 1 saturated heterocycles. The van der Waals surface area contributed by atoms with Gasteiger partial charge in [-0.15, -0.1) is 0 Å². The lowest BCUT2D eigenvalue weighted by Gasteiger charge is -2.15. The molecule has 26 heavy (non-hydrogen) atoms. The second kappa shape index (κ2) is 6.18. The van der Waals surface area contributed by atoms with Crippen molar-refractivity contribution in [1.82, 2.24) is 19.5 Å². The average Bonchev–Trinajstić information content (AvgIpc) is 3.43. The Morgan fingerprint density at radius 1 is 1.00 bits per heavy atom. The van der Waals surface area contributed by atoms with E-state index in [1.165, 1.54) is 12.8 Å². The molecule has 4 aromatic rings. The van der Waals surface area contributed by atoms with Gasteiger partial charge in [-0.1, -0.05) is 18.2 Å². The van der Waals surface area contributed by atoms with Crippen molar-refractivity contribution in [2.45, 2.75) is 12.8 Å². The first-order chi connectivity index (χ1) is 12.9. The molecule has 0 saturated carbocycles. The minimum Gasteiger partial charge on any atom is -0.459 e. The summed E-state index contributed by atoms with van der Waals surface area (Å²) in [6.45, 7) is 1.98. The summed E-state index contributed by atoms with van der Waals surface area (Å²) in [5.41, 5.74) is 2.49. The summed E-state index contributed by atoms with van der Waals surface area (Å²) < 4.78 is 7.55. The smallest absolute Gasteiger partial charge is 0.228 e. The molecule has 0 spiro atoms. The molecule has 4 heterocycles. The molecule has 3 aromatic heterocycles. The third-order valence-electron chi connectivity index (χ3n) is 4.56. The Morgan fingerprint density at radius 3 is 2.69 bits per heavy atom. The molecule has 1 aliphatic rings. The summed E-state index contributed by atoms with van der Waals surface area (Å²) in [4.78, 5) is 16.0. The first kappa shape index (κ1) is 14.9. The van der Waals surface area contributed by atoms with Crippen LogP contribution >= 0.6 is 0 Å². The molecule has 1 aromatic carbocycles. The Hall–Kier alpha value is -3.35. The number of nitrogens with one attached hydrogen (secondary N) is 1. The van der Waals surface area contributed by atoms with Crippen LogP contribution < -0.4 is 10.2 Å². The van der Waals surface area contributed by atoms with Crippen LogP contribution in [0.3, 0.4) is 0 Å². The van der Waals surface area contributed by atoms with Crippen LogP contribution in [0.4, 0.5) is 17.6 Å². The van der Waals surface area contributed by atoms with Gasteiger partial charge in [0.1, 0.15) is 17.7 Å². The molecule has 0 radical (unpaired) electrons. The van der Waals surface area contributed by atoms with Gasteiger partial charge in [0, 0.05) is 24.8 Å². The molecule has 1 fully saturated rings. The Labute approximate surface area is 150 Å². The van der Waals surface area contributed by atoms with Crippen LogP contribution in [0.1, 0.15) is 12.8 Å². The van der Waals surface area contributed by atoms with E-state index in [1.54, 1.807) is 12.6 Å². The Balaban J connectivity index is 1.49. The van der Waals surface area contributed by atoms with Crippen LogP contribution in [0.15, 0.2) is 59.6 Å². The summed E-state index contributed by atoms with van der Waals surface area (Å²) in [7, 11) is 0. The zero-order valence-corrected chi connectivity index (χ0v) is 14.2. The Bertz CT molecular complexity index is 1030. The van der Waals surface area contributed by atoms with Crippen molar-refractivity contribution in [3.05, 3.63) is 55.2 Å². The minimum atomic E-state index is 0.639. The van der Waals surface area contributed by atoms with E-state index < -0.39 is 0 Å². The number of hydrogen-bond donors (Lipinski definition) is 1. The third kappa shape index (κ3) is 2.67. The van der Waals surface area contributed by atoms with Gasteiger partial charge >= 0.3 is 0 Å². The molecule has 1 aliphatic heterocycles. The molecule has 0 aliphatic carbocycles. The van der Waals surface area contributed by atoms with Gasteiger partial charge in [0.05, 0.1) is 12.5 Å². The van der Waals surface area contributed by atoms with E-state index in [1.807, 2.05) is 47.2 Å². The maximum atomic E-state index is 5.59. The van der Waals surface area contributed by atoms with Crippen LogP contribution in [-0.4, -0.2) is 32.6 Å². The van der Waals surface area contributed by atoms with E-state index in [0.717, 1.165) is 30.2 Å². The van der Waals surface area contributed by atoms with E-state index in [2.05, 4.69) is 20.2 Å². The topological polar surface area (TPSA) is 72.0 Å². The highest BCUT2D eigenvalue weighted by atomic mass is 16.3. The van der Waals surface area contributed by atoms with Gasteiger partial charge in [0.25, 0.3) is 0 Å². The lowest BCUT2D eigenvalue weighted by Crippen LogP contribution is -2.20. The van der Waals surface area contributed by atoms with Crippen molar-refractivity contribution in [1.29, 1.82) is 0 Å². The van der Waals surface area contributed by atoms with Crippen molar-refractivity contribution in [3.8, 4) is 5.69 Å². The summed E-state index contributed by atoms with van der Waals surface area (Å²) in [5.74, 6) is 2.08. The fourth-order valence-electron chi connectivity index (χ4n) is 3.24. The molecule has 0 atom stereocenters. The fourth-order valence-corrected chi connectivity index (χ4v) is 3.24. The van der Waals surface area contributed by atoms with E-state index in [0.29, 0.717) is 17.2 Å². The van der Waals surface area contributed by atoms with E-state index in [4.69, 9.17) is 9.40 Å².